The second-order valence-electron chi connectivity index (χ2n) is 7.17. The molecule has 7 nitrogen and oxygen atoms in total. The maximum Gasteiger partial charge on any atom is 0.243 e. The first kappa shape index (κ1) is 19.5. The van der Waals surface area contributed by atoms with E-state index in [0.29, 0.717) is 5.82 Å². The van der Waals surface area contributed by atoms with Crippen molar-refractivity contribution < 1.29 is 9.59 Å². The maximum absolute atomic E-state index is 12.8. The molecule has 2 amide bonds. The summed E-state index contributed by atoms with van der Waals surface area (Å²) in [4.78, 5) is 25.2. The van der Waals surface area contributed by atoms with E-state index < -0.39 is 6.04 Å². The Hall–Kier alpha value is -3.22. The van der Waals surface area contributed by atoms with Gasteiger partial charge in [-0.05, 0) is 30.5 Å². The van der Waals surface area contributed by atoms with Crippen LogP contribution in [0.4, 0.5) is 0 Å². The van der Waals surface area contributed by atoms with Crippen LogP contribution < -0.4 is 10.6 Å². The summed E-state index contributed by atoms with van der Waals surface area (Å²) < 4.78 is 1.84. The molecule has 2 N–H and O–H groups in total. The Balaban J connectivity index is 1.66. The molecule has 0 saturated heterocycles. The van der Waals surface area contributed by atoms with E-state index in [-0.39, 0.29) is 30.2 Å². The zero-order valence-electron chi connectivity index (χ0n) is 16.3. The number of nitrogens with one attached hydrogen (secondary N) is 2. The third-order valence-electron chi connectivity index (χ3n) is 4.56. The summed E-state index contributed by atoms with van der Waals surface area (Å²) >= 11 is 0. The predicted molar refractivity (Wildman–Crippen MR) is 106 cm³/mol. The van der Waals surface area contributed by atoms with Gasteiger partial charge in [-0.15, -0.1) is 10.2 Å². The second kappa shape index (κ2) is 8.65. The highest BCUT2D eigenvalue weighted by Crippen LogP contribution is 2.13. The zero-order valence-corrected chi connectivity index (χ0v) is 16.3. The lowest BCUT2D eigenvalue weighted by Gasteiger charge is -2.23. The van der Waals surface area contributed by atoms with Gasteiger partial charge in [0.25, 0.3) is 0 Å². The maximum atomic E-state index is 12.8. The molecule has 28 heavy (non-hydrogen) atoms. The van der Waals surface area contributed by atoms with Crippen LogP contribution in [0.15, 0.2) is 54.7 Å². The number of carbonyl (C=O) groups excluding carboxylic acids is 2. The Labute approximate surface area is 164 Å². The fourth-order valence-electron chi connectivity index (χ4n) is 3.06. The van der Waals surface area contributed by atoms with Crippen molar-refractivity contribution in [2.75, 3.05) is 0 Å². The van der Waals surface area contributed by atoms with E-state index in [2.05, 4.69) is 20.8 Å². The standard InChI is InChI=1S/C21H25N5O2/c1-14(2)19(23-18(27)13-16-9-5-4-6-10-16)21(28)22-15(3)20-25-24-17-11-7-8-12-26(17)20/h4-12,14-15,19H,13H2,1-3H3,(H,22,28)(H,23,27). The lowest BCUT2D eigenvalue weighted by molar-refractivity contribution is -0.130. The molecule has 1 aromatic carbocycles. The molecule has 0 aliphatic carbocycles. The molecule has 7 heteroatoms. The molecular weight excluding hydrogens is 354 g/mol. The number of benzene rings is 1. The van der Waals surface area contributed by atoms with E-state index in [1.54, 1.807) is 0 Å². The minimum absolute atomic E-state index is 0.0536. The predicted octanol–water partition coefficient (Wildman–Crippen LogP) is 2.29. The Kier molecular flexibility index (Phi) is 6.03. The van der Waals surface area contributed by atoms with E-state index in [1.807, 2.05) is 79.9 Å². The Morgan fingerprint density at radius 2 is 1.68 bits per heavy atom. The van der Waals surface area contributed by atoms with Crippen LogP contribution in [-0.4, -0.2) is 32.5 Å². The molecule has 0 fully saturated rings. The van der Waals surface area contributed by atoms with Crippen LogP contribution >= 0.6 is 0 Å². The molecule has 3 rings (SSSR count). The van der Waals surface area contributed by atoms with Crippen LogP contribution in [0, 0.1) is 5.92 Å². The van der Waals surface area contributed by atoms with Gasteiger partial charge in [0.15, 0.2) is 11.5 Å². The van der Waals surface area contributed by atoms with E-state index in [1.165, 1.54) is 0 Å². The molecule has 146 valence electrons. The highest BCUT2D eigenvalue weighted by molar-refractivity contribution is 5.88. The third kappa shape index (κ3) is 4.54. The summed E-state index contributed by atoms with van der Waals surface area (Å²) in [5.41, 5.74) is 1.63. The van der Waals surface area contributed by atoms with Gasteiger partial charge in [-0.1, -0.05) is 50.2 Å². The van der Waals surface area contributed by atoms with Gasteiger partial charge in [-0.2, -0.15) is 0 Å². The van der Waals surface area contributed by atoms with Crippen LogP contribution in [0.25, 0.3) is 5.65 Å². The van der Waals surface area contributed by atoms with Gasteiger partial charge < -0.3 is 10.6 Å². The number of aromatic nitrogens is 3. The first-order chi connectivity index (χ1) is 13.5. The molecule has 0 saturated carbocycles. The molecule has 0 radical (unpaired) electrons. The summed E-state index contributed by atoms with van der Waals surface area (Å²) in [6, 6.07) is 14.1. The molecular formula is C21H25N5O2. The van der Waals surface area contributed by atoms with Gasteiger partial charge >= 0.3 is 0 Å². The van der Waals surface area contributed by atoms with Crippen molar-refractivity contribution in [3.8, 4) is 0 Å². The van der Waals surface area contributed by atoms with Gasteiger partial charge in [-0.25, -0.2) is 0 Å². The second-order valence-corrected chi connectivity index (χ2v) is 7.17. The highest BCUT2D eigenvalue weighted by Gasteiger charge is 2.26. The summed E-state index contributed by atoms with van der Waals surface area (Å²) in [7, 11) is 0. The Bertz CT molecular complexity index is 952. The lowest BCUT2D eigenvalue weighted by atomic mass is 10.0. The van der Waals surface area contributed by atoms with Crippen LogP contribution in [0.2, 0.25) is 0 Å². The minimum atomic E-state index is -0.627. The van der Waals surface area contributed by atoms with Gasteiger partial charge in [0.2, 0.25) is 11.8 Å². The van der Waals surface area contributed by atoms with E-state index in [4.69, 9.17) is 0 Å². The number of hydrogen-bond acceptors (Lipinski definition) is 4. The van der Waals surface area contributed by atoms with E-state index in [9.17, 15) is 9.59 Å². The number of rotatable bonds is 7. The van der Waals surface area contributed by atoms with E-state index >= 15 is 0 Å². The van der Waals surface area contributed by atoms with Crippen molar-refractivity contribution in [3.05, 3.63) is 66.1 Å². The van der Waals surface area contributed by atoms with Gasteiger partial charge in [0.1, 0.15) is 6.04 Å². The Morgan fingerprint density at radius 1 is 0.964 bits per heavy atom. The topological polar surface area (TPSA) is 88.4 Å². The molecule has 0 spiro atoms. The molecule has 0 aliphatic heterocycles. The monoisotopic (exact) mass is 379 g/mol. The molecule has 2 heterocycles. The number of carbonyl (C=O) groups is 2. The van der Waals surface area contributed by atoms with Crippen molar-refractivity contribution in [2.24, 2.45) is 5.92 Å². The molecule has 2 atom stereocenters. The number of amides is 2. The van der Waals surface area contributed by atoms with Crippen molar-refractivity contribution in [2.45, 2.75) is 39.3 Å². The average Bonchev–Trinajstić information content (AvgIpc) is 3.11. The number of nitrogens with zero attached hydrogens (tertiary/aromatic N) is 3. The molecule has 3 aromatic rings. The van der Waals surface area contributed by atoms with Crippen molar-refractivity contribution in [3.63, 3.8) is 0 Å². The summed E-state index contributed by atoms with van der Waals surface area (Å²) in [6.45, 7) is 5.67. The summed E-state index contributed by atoms with van der Waals surface area (Å²) in [5.74, 6) is 0.168. The normalized spacial score (nSPS) is 13.3. The Morgan fingerprint density at radius 3 is 2.39 bits per heavy atom. The van der Waals surface area contributed by atoms with Gasteiger partial charge in [0.05, 0.1) is 12.5 Å². The van der Waals surface area contributed by atoms with Gasteiger partial charge in [0, 0.05) is 6.20 Å². The lowest BCUT2D eigenvalue weighted by Crippen LogP contribution is -2.50. The molecule has 2 unspecified atom stereocenters. The van der Waals surface area contributed by atoms with Crippen LogP contribution in [-0.2, 0) is 16.0 Å². The van der Waals surface area contributed by atoms with E-state index in [0.717, 1.165) is 11.2 Å². The van der Waals surface area contributed by atoms with Crippen molar-refractivity contribution >= 4 is 17.5 Å². The highest BCUT2D eigenvalue weighted by atomic mass is 16.2. The molecule has 0 aliphatic rings. The first-order valence-electron chi connectivity index (χ1n) is 9.39. The average molecular weight is 379 g/mol. The fourth-order valence-corrected chi connectivity index (χ4v) is 3.06. The van der Waals surface area contributed by atoms with Crippen molar-refractivity contribution in [1.29, 1.82) is 0 Å². The fraction of sp³-hybridized carbons (Fsp3) is 0.333. The number of fused-ring (bicyclic) bond motifs is 1. The smallest absolute Gasteiger partial charge is 0.243 e. The third-order valence-corrected chi connectivity index (χ3v) is 4.56. The summed E-state index contributed by atoms with van der Waals surface area (Å²) in [6.07, 6.45) is 2.09. The quantitative estimate of drug-likeness (QED) is 0.659. The van der Waals surface area contributed by atoms with Crippen LogP contribution in [0.5, 0.6) is 0 Å². The van der Waals surface area contributed by atoms with Gasteiger partial charge in [-0.3, -0.25) is 14.0 Å². The molecule has 2 aromatic heterocycles. The first-order valence-corrected chi connectivity index (χ1v) is 9.39. The minimum Gasteiger partial charge on any atom is -0.345 e. The summed E-state index contributed by atoms with van der Waals surface area (Å²) in [5, 5.41) is 14.1. The SMILES string of the molecule is CC(NC(=O)C(NC(=O)Cc1ccccc1)C(C)C)c1nnc2ccccn12. The number of pyridine rings is 1. The van der Waals surface area contributed by atoms with Crippen LogP contribution in [0.3, 0.4) is 0 Å². The number of hydrogen-bond donors (Lipinski definition) is 2. The molecule has 0 bridgehead atoms. The zero-order chi connectivity index (χ0) is 20.1. The van der Waals surface area contributed by atoms with Crippen molar-refractivity contribution in [1.82, 2.24) is 25.2 Å². The largest absolute Gasteiger partial charge is 0.345 e. The van der Waals surface area contributed by atoms with Crippen LogP contribution in [0.1, 0.15) is 38.2 Å².